The van der Waals surface area contributed by atoms with Crippen LogP contribution in [0.3, 0.4) is 0 Å². The average molecular weight is 297 g/mol. The fraction of sp³-hybridized carbons (Fsp3) is 0.368. The third kappa shape index (κ3) is 2.34. The lowest BCUT2D eigenvalue weighted by Crippen LogP contribution is -2.39. The van der Waals surface area contributed by atoms with E-state index in [0.717, 1.165) is 31.2 Å². The van der Waals surface area contributed by atoms with Crippen LogP contribution < -0.4 is 5.32 Å². The molecule has 1 aliphatic heterocycles. The Bertz CT molecular complexity index is 672. The Labute approximate surface area is 130 Å². The predicted octanol–water partition coefficient (Wildman–Crippen LogP) is 4.07. The summed E-state index contributed by atoms with van der Waals surface area (Å²) < 4.78 is 20.0. The second-order valence-electron chi connectivity index (χ2n) is 6.25. The molecule has 0 amide bonds. The van der Waals surface area contributed by atoms with Gasteiger partial charge in [-0.3, -0.25) is 5.32 Å². The van der Waals surface area contributed by atoms with Crippen LogP contribution in [-0.4, -0.2) is 6.61 Å². The van der Waals surface area contributed by atoms with Gasteiger partial charge in [-0.15, -0.1) is 0 Å². The van der Waals surface area contributed by atoms with Crippen LogP contribution in [0.2, 0.25) is 0 Å². The Morgan fingerprint density at radius 2 is 1.95 bits per heavy atom. The van der Waals surface area contributed by atoms with E-state index in [1.165, 1.54) is 11.1 Å². The maximum Gasteiger partial charge on any atom is 0.146 e. The van der Waals surface area contributed by atoms with E-state index in [4.69, 9.17) is 4.74 Å². The Morgan fingerprint density at radius 3 is 2.82 bits per heavy atom. The number of nitrogens with one attached hydrogen (secondary N) is 1. The van der Waals surface area contributed by atoms with Crippen molar-refractivity contribution >= 4 is 0 Å². The molecule has 3 heteroatoms. The van der Waals surface area contributed by atoms with Crippen LogP contribution in [0.25, 0.3) is 0 Å². The summed E-state index contributed by atoms with van der Waals surface area (Å²) in [5.41, 5.74) is 2.89. The van der Waals surface area contributed by atoms with Gasteiger partial charge >= 0.3 is 0 Å². The molecule has 0 radical (unpaired) electrons. The molecule has 1 saturated heterocycles. The minimum absolute atomic E-state index is 0.162. The number of hydrogen-bond donors (Lipinski definition) is 1. The molecule has 1 N–H and O–H groups in total. The minimum Gasteiger partial charge on any atom is -0.354 e. The van der Waals surface area contributed by atoms with Crippen molar-refractivity contribution in [2.75, 3.05) is 6.61 Å². The fourth-order valence-corrected chi connectivity index (χ4v) is 3.72. The molecule has 2 aliphatic rings. The van der Waals surface area contributed by atoms with Gasteiger partial charge in [0.2, 0.25) is 0 Å². The summed E-state index contributed by atoms with van der Waals surface area (Å²) in [6.45, 7) is 0.625. The molecule has 1 aliphatic carbocycles. The molecule has 114 valence electrons. The highest BCUT2D eigenvalue weighted by atomic mass is 19.1. The van der Waals surface area contributed by atoms with Crippen molar-refractivity contribution in [1.29, 1.82) is 0 Å². The lowest BCUT2D eigenvalue weighted by molar-refractivity contribution is -0.0225. The first-order chi connectivity index (χ1) is 10.8. The molecule has 22 heavy (non-hydrogen) atoms. The quantitative estimate of drug-likeness (QED) is 0.857. The van der Waals surface area contributed by atoms with Crippen molar-refractivity contribution in [2.24, 2.45) is 0 Å². The van der Waals surface area contributed by atoms with E-state index in [0.29, 0.717) is 6.61 Å². The lowest BCUT2D eigenvalue weighted by atomic mass is 9.94. The van der Waals surface area contributed by atoms with Crippen LogP contribution >= 0.6 is 0 Å². The number of benzene rings is 2. The number of ether oxygens (including phenoxy) is 1. The first kappa shape index (κ1) is 13.9. The van der Waals surface area contributed by atoms with E-state index in [1.54, 1.807) is 12.1 Å². The van der Waals surface area contributed by atoms with Gasteiger partial charge in [0.1, 0.15) is 11.5 Å². The van der Waals surface area contributed by atoms with Crippen LogP contribution in [0.4, 0.5) is 4.39 Å². The summed E-state index contributed by atoms with van der Waals surface area (Å²) in [5, 5.41) is 3.66. The van der Waals surface area contributed by atoms with Gasteiger partial charge in [0.05, 0.1) is 12.6 Å². The second-order valence-corrected chi connectivity index (χ2v) is 6.25. The number of rotatable bonds is 1. The van der Waals surface area contributed by atoms with Crippen molar-refractivity contribution in [3.63, 3.8) is 0 Å². The number of fused-ring (bicyclic) bond motifs is 2. The summed E-state index contributed by atoms with van der Waals surface area (Å²) in [7, 11) is 0. The Balaban J connectivity index is 1.72. The summed E-state index contributed by atoms with van der Waals surface area (Å²) in [6.07, 6.45) is 4.11. The highest BCUT2D eigenvalue weighted by Crippen LogP contribution is 2.41. The maximum atomic E-state index is 13.8. The third-order valence-corrected chi connectivity index (χ3v) is 4.84. The monoisotopic (exact) mass is 297 g/mol. The Hall–Kier alpha value is -1.71. The van der Waals surface area contributed by atoms with E-state index in [9.17, 15) is 4.39 Å². The maximum absolute atomic E-state index is 13.8. The molecule has 0 saturated carbocycles. The van der Waals surface area contributed by atoms with Crippen LogP contribution in [0.15, 0.2) is 48.5 Å². The molecule has 2 nitrogen and oxygen atoms in total. The number of aryl methyl sites for hydroxylation is 1. The zero-order valence-electron chi connectivity index (χ0n) is 12.5. The summed E-state index contributed by atoms with van der Waals surface area (Å²) >= 11 is 0. The normalized spacial score (nSPS) is 27.6. The van der Waals surface area contributed by atoms with Gasteiger partial charge in [0, 0.05) is 5.56 Å². The molecule has 0 aromatic heterocycles. The highest BCUT2D eigenvalue weighted by molar-refractivity contribution is 5.35. The van der Waals surface area contributed by atoms with E-state index in [1.807, 2.05) is 24.3 Å². The van der Waals surface area contributed by atoms with Crippen LogP contribution in [-0.2, 0) is 16.9 Å². The smallest absolute Gasteiger partial charge is 0.146 e. The first-order valence-electron chi connectivity index (χ1n) is 8.02. The first-order valence-corrected chi connectivity index (χ1v) is 8.02. The molecule has 1 spiro atoms. The van der Waals surface area contributed by atoms with Gasteiger partial charge in [0.25, 0.3) is 0 Å². The number of hydrogen-bond acceptors (Lipinski definition) is 2. The van der Waals surface area contributed by atoms with Crippen molar-refractivity contribution < 1.29 is 9.13 Å². The average Bonchev–Trinajstić information content (AvgIpc) is 2.91. The molecular weight excluding hydrogens is 277 g/mol. The predicted molar refractivity (Wildman–Crippen MR) is 83.9 cm³/mol. The fourth-order valence-electron chi connectivity index (χ4n) is 3.72. The zero-order chi connectivity index (χ0) is 15.0. The molecule has 1 heterocycles. The van der Waals surface area contributed by atoms with E-state index in [2.05, 4.69) is 17.4 Å². The highest BCUT2D eigenvalue weighted by Gasteiger charge is 2.43. The van der Waals surface area contributed by atoms with Gasteiger partial charge in [-0.25, -0.2) is 4.39 Å². The zero-order valence-corrected chi connectivity index (χ0v) is 12.5. The van der Waals surface area contributed by atoms with Crippen molar-refractivity contribution in [3.05, 3.63) is 71.0 Å². The van der Waals surface area contributed by atoms with Gasteiger partial charge < -0.3 is 4.74 Å². The standard InChI is InChI=1S/C19H20FNO/c20-16-10-9-14-6-4-5-11-19(17(14)12-16)21-18(13-22-19)15-7-2-1-3-8-15/h1-3,7-10,12,18,21H,4-6,11,13H2/t18-,19?/m0/s1. The van der Waals surface area contributed by atoms with Gasteiger partial charge in [-0.1, -0.05) is 36.4 Å². The van der Waals surface area contributed by atoms with Crippen molar-refractivity contribution in [2.45, 2.75) is 37.5 Å². The Morgan fingerprint density at radius 1 is 1.09 bits per heavy atom. The molecular formula is C19H20FNO. The lowest BCUT2D eigenvalue weighted by Gasteiger charge is -2.30. The molecule has 4 rings (SSSR count). The van der Waals surface area contributed by atoms with Crippen molar-refractivity contribution in [3.8, 4) is 0 Å². The Kier molecular flexibility index (Phi) is 3.47. The van der Waals surface area contributed by atoms with Gasteiger partial charge in [-0.05, 0) is 48.9 Å². The van der Waals surface area contributed by atoms with E-state index >= 15 is 0 Å². The SMILES string of the molecule is Fc1ccc2c(c1)C1(CCCC2)N[C@H](c2ccccc2)CO1. The van der Waals surface area contributed by atoms with Gasteiger partial charge in [0.15, 0.2) is 0 Å². The summed E-state index contributed by atoms with van der Waals surface area (Å²) in [5.74, 6) is -0.186. The largest absolute Gasteiger partial charge is 0.354 e. The summed E-state index contributed by atoms with van der Waals surface area (Å²) in [4.78, 5) is 0. The van der Waals surface area contributed by atoms with Crippen LogP contribution in [0.5, 0.6) is 0 Å². The third-order valence-electron chi connectivity index (χ3n) is 4.84. The summed E-state index contributed by atoms with van der Waals surface area (Å²) in [6, 6.07) is 15.6. The molecule has 2 atom stereocenters. The molecule has 2 aromatic carbocycles. The number of halogens is 1. The topological polar surface area (TPSA) is 21.3 Å². The second kappa shape index (κ2) is 5.49. The van der Waals surface area contributed by atoms with Crippen LogP contribution in [0.1, 0.15) is 42.0 Å². The van der Waals surface area contributed by atoms with Gasteiger partial charge in [-0.2, -0.15) is 0 Å². The van der Waals surface area contributed by atoms with Crippen LogP contribution in [0, 0.1) is 5.82 Å². The molecule has 1 unspecified atom stereocenters. The van der Waals surface area contributed by atoms with Crippen molar-refractivity contribution in [1.82, 2.24) is 5.32 Å². The van der Waals surface area contributed by atoms with E-state index < -0.39 is 5.72 Å². The van der Waals surface area contributed by atoms with E-state index in [-0.39, 0.29) is 11.9 Å². The molecule has 1 fully saturated rings. The minimum atomic E-state index is -0.533. The molecule has 0 bridgehead atoms. The molecule has 2 aromatic rings.